The van der Waals surface area contributed by atoms with Gasteiger partial charge in [-0.1, -0.05) is 30.3 Å². The maximum Gasteiger partial charge on any atom is 0.263 e. The van der Waals surface area contributed by atoms with E-state index in [1.165, 1.54) is 0 Å². The highest BCUT2D eigenvalue weighted by atomic mass is 16.3. The van der Waals surface area contributed by atoms with Crippen molar-refractivity contribution in [1.29, 1.82) is 0 Å². The largest absolute Gasteiger partial charge is 0.393 e. The van der Waals surface area contributed by atoms with E-state index in [9.17, 15) is 14.7 Å². The third kappa shape index (κ3) is 3.92. The molecular weight excluding hydrogens is 304 g/mol. The Labute approximate surface area is 140 Å². The van der Waals surface area contributed by atoms with Crippen molar-refractivity contribution in [1.82, 2.24) is 9.88 Å². The molecule has 0 saturated heterocycles. The molecule has 2 aromatic rings. The molecule has 1 aliphatic carbocycles. The molecule has 1 fully saturated rings. The molecule has 5 nitrogen and oxygen atoms in total. The van der Waals surface area contributed by atoms with Crippen molar-refractivity contribution in [3.63, 3.8) is 0 Å². The number of pyridine rings is 1. The lowest BCUT2D eigenvalue weighted by molar-refractivity contribution is 0.0866. The van der Waals surface area contributed by atoms with E-state index in [4.69, 9.17) is 0 Å². The van der Waals surface area contributed by atoms with Gasteiger partial charge in [0.15, 0.2) is 0 Å². The lowest BCUT2D eigenvalue weighted by atomic mass is 9.93. The maximum absolute atomic E-state index is 12.6. The summed E-state index contributed by atoms with van der Waals surface area (Å²) in [7, 11) is 0. The van der Waals surface area contributed by atoms with Gasteiger partial charge >= 0.3 is 0 Å². The fourth-order valence-corrected chi connectivity index (χ4v) is 3.10. The summed E-state index contributed by atoms with van der Waals surface area (Å²) in [6.07, 6.45) is 4.31. The van der Waals surface area contributed by atoms with Crippen LogP contribution in [0.15, 0.2) is 53.5 Å². The number of nitrogens with zero attached hydrogens (tertiary/aromatic N) is 1. The fourth-order valence-electron chi connectivity index (χ4n) is 3.10. The molecule has 2 N–H and O–H groups in total. The van der Waals surface area contributed by atoms with Crippen molar-refractivity contribution < 1.29 is 9.90 Å². The van der Waals surface area contributed by atoms with Gasteiger partial charge < -0.3 is 15.0 Å². The highest BCUT2D eigenvalue weighted by Crippen LogP contribution is 2.18. The third-order valence-electron chi connectivity index (χ3n) is 4.49. The monoisotopic (exact) mass is 326 g/mol. The summed E-state index contributed by atoms with van der Waals surface area (Å²) < 4.78 is 1.55. The second kappa shape index (κ2) is 7.45. The lowest BCUT2D eigenvalue weighted by Crippen LogP contribution is -2.41. The zero-order valence-corrected chi connectivity index (χ0v) is 13.5. The SMILES string of the molecule is O=C(NC1CCC(O)CC1)c1cccn(Cc2ccccc2)c1=O. The van der Waals surface area contributed by atoms with Gasteiger partial charge in [0.2, 0.25) is 0 Å². The predicted octanol–water partition coefficient (Wildman–Crippen LogP) is 1.93. The Kier molecular flexibility index (Phi) is 5.11. The Balaban J connectivity index is 1.73. The molecule has 5 heteroatoms. The van der Waals surface area contributed by atoms with Gasteiger partial charge in [-0.15, -0.1) is 0 Å². The normalized spacial score (nSPS) is 20.5. The summed E-state index contributed by atoms with van der Waals surface area (Å²) in [5.41, 5.74) is 0.896. The van der Waals surface area contributed by atoms with Gasteiger partial charge in [0.25, 0.3) is 11.5 Å². The number of carbonyl (C=O) groups excluding carboxylic acids is 1. The molecular formula is C19H22N2O3. The second-order valence-corrected chi connectivity index (χ2v) is 6.32. The van der Waals surface area contributed by atoms with Crippen LogP contribution in [0.3, 0.4) is 0 Å². The van der Waals surface area contributed by atoms with E-state index in [1.54, 1.807) is 22.9 Å². The molecule has 0 atom stereocenters. The van der Waals surface area contributed by atoms with E-state index in [0.717, 1.165) is 18.4 Å². The van der Waals surface area contributed by atoms with E-state index < -0.39 is 0 Å². The smallest absolute Gasteiger partial charge is 0.263 e. The average Bonchev–Trinajstić information content (AvgIpc) is 2.60. The van der Waals surface area contributed by atoms with Crippen LogP contribution in [0.2, 0.25) is 0 Å². The Hall–Kier alpha value is -2.40. The molecule has 1 amide bonds. The lowest BCUT2D eigenvalue weighted by Gasteiger charge is -2.26. The summed E-state index contributed by atoms with van der Waals surface area (Å²) in [4.78, 5) is 25.0. The van der Waals surface area contributed by atoms with Crippen molar-refractivity contribution in [2.24, 2.45) is 0 Å². The summed E-state index contributed by atoms with van der Waals surface area (Å²) >= 11 is 0. The third-order valence-corrected chi connectivity index (χ3v) is 4.49. The van der Waals surface area contributed by atoms with E-state index in [2.05, 4.69) is 5.32 Å². The van der Waals surface area contributed by atoms with E-state index >= 15 is 0 Å². The van der Waals surface area contributed by atoms with Gasteiger partial charge in [-0.2, -0.15) is 0 Å². The first kappa shape index (κ1) is 16.5. The van der Waals surface area contributed by atoms with Crippen molar-refractivity contribution >= 4 is 5.91 Å². The zero-order valence-electron chi connectivity index (χ0n) is 13.5. The number of carbonyl (C=O) groups is 1. The number of benzene rings is 1. The summed E-state index contributed by atoms with van der Waals surface area (Å²) in [6.45, 7) is 0.441. The summed E-state index contributed by atoms with van der Waals surface area (Å²) in [5, 5.41) is 12.5. The minimum absolute atomic E-state index is 0.0306. The summed E-state index contributed by atoms with van der Waals surface area (Å²) in [5.74, 6) is -0.330. The van der Waals surface area contributed by atoms with Crippen LogP contribution in [-0.2, 0) is 6.54 Å². The van der Waals surface area contributed by atoms with Crippen LogP contribution in [0.5, 0.6) is 0 Å². The minimum Gasteiger partial charge on any atom is -0.393 e. The van der Waals surface area contributed by atoms with E-state index in [1.807, 2.05) is 30.3 Å². The van der Waals surface area contributed by atoms with Crippen molar-refractivity contribution in [3.8, 4) is 0 Å². The van der Waals surface area contributed by atoms with Crippen molar-refractivity contribution in [2.45, 2.75) is 44.4 Å². The van der Waals surface area contributed by atoms with Crippen LogP contribution in [0, 0.1) is 0 Å². The molecule has 1 aromatic heterocycles. The van der Waals surface area contributed by atoms with Gasteiger partial charge in [0.05, 0.1) is 12.6 Å². The van der Waals surface area contributed by atoms with Crippen LogP contribution < -0.4 is 10.9 Å². The molecule has 0 radical (unpaired) electrons. The standard InChI is InChI=1S/C19H22N2O3/c22-16-10-8-15(9-11-16)20-18(23)17-7-4-12-21(19(17)24)13-14-5-2-1-3-6-14/h1-7,12,15-16,22H,8-11,13H2,(H,20,23). The molecule has 0 aliphatic heterocycles. The topological polar surface area (TPSA) is 71.3 Å². The van der Waals surface area contributed by atoms with Crippen LogP contribution in [0.25, 0.3) is 0 Å². The first-order valence-electron chi connectivity index (χ1n) is 8.36. The Morgan fingerprint density at radius 3 is 2.50 bits per heavy atom. The average molecular weight is 326 g/mol. The van der Waals surface area contributed by atoms with Gasteiger partial charge in [-0.25, -0.2) is 0 Å². The Morgan fingerprint density at radius 2 is 1.79 bits per heavy atom. The molecule has 0 unspecified atom stereocenters. The van der Waals surface area contributed by atoms with Crippen LogP contribution in [0.1, 0.15) is 41.6 Å². The minimum atomic E-state index is -0.330. The first-order chi connectivity index (χ1) is 11.6. The number of nitrogens with one attached hydrogen (secondary N) is 1. The van der Waals surface area contributed by atoms with Crippen LogP contribution >= 0.6 is 0 Å². The molecule has 1 saturated carbocycles. The number of amides is 1. The summed E-state index contributed by atoms with van der Waals surface area (Å²) in [6, 6.07) is 13.0. The number of aliphatic hydroxyl groups is 1. The number of rotatable bonds is 4. The highest BCUT2D eigenvalue weighted by molar-refractivity contribution is 5.94. The van der Waals surface area contributed by atoms with Crippen molar-refractivity contribution in [3.05, 3.63) is 70.1 Å². The van der Waals surface area contributed by atoms with Gasteiger partial charge in [-0.3, -0.25) is 9.59 Å². The molecule has 1 aliphatic rings. The Bertz CT molecular complexity index is 747. The fraction of sp³-hybridized carbons (Fsp3) is 0.368. The molecule has 24 heavy (non-hydrogen) atoms. The van der Waals surface area contributed by atoms with E-state index in [-0.39, 0.29) is 29.2 Å². The zero-order chi connectivity index (χ0) is 16.9. The quantitative estimate of drug-likeness (QED) is 0.902. The molecule has 0 spiro atoms. The van der Waals surface area contributed by atoms with Gasteiger partial charge in [0.1, 0.15) is 5.56 Å². The van der Waals surface area contributed by atoms with Crippen LogP contribution in [-0.4, -0.2) is 27.7 Å². The van der Waals surface area contributed by atoms with Gasteiger partial charge in [0, 0.05) is 12.2 Å². The van der Waals surface area contributed by atoms with E-state index in [0.29, 0.717) is 19.4 Å². The predicted molar refractivity (Wildman–Crippen MR) is 92.0 cm³/mol. The number of aromatic nitrogens is 1. The van der Waals surface area contributed by atoms with Crippen LogP contribution in [0.4, 0.5) is 0 Å². The molecule has 1 aromatic carbocycles. The highest BCUT2D eigenvalue weighted by Gasteiger charge is 2.22. The molecule has 126 valence electrons. The number of aliphatic hydroxyl groups excluding tert-OH is 1. The Morgan fingerprint density at radius 1 is 1.08 bits per heavy atom. The van der Waals surface area contributed by atoms with Gasteiger partial charge in [-0.05, 0) is 43.4 Å². The maximum atomic E-state index is 12.6. The number of hydrogen-bond acceptors (Lipinski definition) is 3. The second-order valence-electron chi connectivity index (χ2n) is 6.32. The first-order valence-corrected chi connectivity index (χ1v) is 8.36. The molecule has 3 rings (SSSR count). The molecule has 0 bridgehead atoms. The van der Waals surface area contributed by atoms with Crippen molar-refractivity contribution in [2.75, 3.05) is 0 Å². The number of hydrogen-bond donors (Lipinski definition) is 2. The molecule has 1 heterocycles.